The normalized spacial score (nSPS) is 14.3. The van der Waals surface area contributed by atoms with Crippen LogP contribution in [0.25, 0.3) is 0 Å². The molecule has 0 saturated carbocycles. The van der Waals surface area contributed by atoms with E-state index in [9.17, 15) is 9.59 Å². The van der Waals surface area contributed by atoms with Gasteiger partial charge >= 0.3 is 0 Å². The summed E-state index contributed by atoms with van der Waals surface area (Å²) in [5.74, 6) is -0.0103. The lowest BCUT2D eigenvalue weighted by molar-refractivity contribution is -0.127. The van der Waals surface area contributed by atoms with Crippen LogP contribution in [0, 0.1) is 0 Å². The van der Waals surface area contributed by atoms with Crippen LogP contribution in [0.4, 0.5) is 0 Å². The van der Waals surface area contributed by atoms with Crippen LogP contribution in [-0.4, -0.2) is 85.4 Å². The lowest BCUT2D eigenvalue weighted by Crippen LogP contribution is -2.57. The molecule has 0 bridgehead atoms. The molecule has 0 aromatic carbocycles. The fraction of sp³-hybridized carbons (Fsp3) is 0.769. The zero-order valence-electron chi connectivity index (χ0n) is 23.8. The summed E-state index contributed by atoms with van der Waals surface area (Å²) in [5, 5.41) is 2.80. The van der Waals surface area contributed by atoms with E-state index >= 15 is 0 Å². The Morgan fingerprint density at radius 2 is 1.22 bits per heavy atom. The minimum absolute atomic E-state index is 0.0609. The molecule has 32 heavy (non-hydrogen) atoms. The van der Waals surface area contributed by atoms with Gasteiger partial charge in [-0.25, -0.2) is 0 Å². The highest BCUT2D eigenvalue weighted by Gasteiger charge is 2.23. The van der Waals surface area contributed by atoms with Crippen molar-refractivity contribution < 1.29 is 9.59 Å². The van der Waals surface area contributed by atoms with Gasteiger partial charge in [0.2, 0.25) is 11.8 Å². The third-order valence-corrected chi connectivity index (χ3v) is 3.90. The molecule has 0 spiro atoms. The maximum atomic E-state index is 11.2. The van der Waals surface area contributed by atoms with E-state index in [-0.39, 0.29) is 11.8 Å². The molecule has 2 aliphatic heterocycles. The van der Waals surface area contributed by atoms with Gasteiger partial charge in [-0.05, 0) is 25.7 Å². The van der Waals surface area contributed by atoms with Gasteiger partial charge < -0.3 is 20.0 Å². The lowest BCUT2D eigenvalue weighted by atomic mass is 10.1. The number of nitrogens with zero attached hydrogens (tertiary/aromatic N) is 3. The van der Waals surface area contributed by atoms with Crippen molar-refractivity contribution >= 4 is 11.8 Å². The molecule has 2 aliphatic rings. The Morgan fingerprint density at radius 1 is 0.812 bits per heavy atom. The Labute approximate surface area is 202 Å². The third-order valence-electron chi connectivity index (χ3n) is 3.90. The predicted molar refractivity (Wildman–Crippen MR) is 145 cm³/mol. The van der Waals surface area contributed by atoms with Crippen molar-refractivity contribution in [3.05, 3.63) is 25.3 Å². The van der Waals surface area contributed by atoms with E-state index in [0.717, 1.165) is 45.8 Å². The third kappa shape index (κ3) is 23.0. The van der Waals surface area contributed by atoms with E-state index in [1.165, 1.54) is 12.2 Å². The smallest absolute Gasteiger partial charge is 0.246 e. The van der Waals surface area contributed by atoms with E-state index in [2.05, 4.69) is 35.2 Å². The molecule has 2 fully saturated rings. The van der Waals surface area contributed by atoms with E-state index in [4.69, 9.17) is 0 Å². The average Bonchev–Trinajstić information content (AvgIpc) is 2.89. The van der Waals surface area contributed by atoms with Gasteiger partial charge in [0, 0.05) is 39.3 Å². The molecule has 0 aliphatic carbocycles. The van der Waals surface area contributed by atoms with Gasteiger partial charge in [-0.15, -0.1) is 0 Å². The van der Waals surface area contributed by atoms with Crippen LogP contribution in [0.5, 0.6) is 0 Å². The van der Waals surface area contributed by atoms with Gasteiger partial charge in [0.25, 0.3) is 0 Å². The maximum Gasteiger partial charge on any atom is 0.246 e. The van der Waals surface area contributed by atoms with Crippen LogP contribution in [0.1, 0.15) is 76.2 Å². The van der Waals surface area contributed by atoms with Crippen molar-refractivity contribution in [2.75, 3.05) is 52.9 Å². The van der Waals surface area contributed by atoms with Gasteiger partial charge in [-0.2, -0.15) is 0 Å². The first kappa shape index (κ1) is 40.7. The van der Waals surface area contributed by atoms with Crippen molar-refractivity contribution in [2.24, 2.45) is 0 Å². The number of hydrogen-bond donors (Lipinski definition) is 1. The summed E-state index contributed by atoms with van der Waals surface area (Å²) in [5.41, 5.74) is 0. The number of likely N-dealkylation sites (tertiary alicyclic amines) is 1. The summed E-state index contributed by atoms with van der Waals surface area (Å²) < 4.78 is 0. The summed E-state index contributed by atoms with van der Waals surface area (Å²) in [7, 11) is 2.02. The first-order chi connectivity index (χ1) is 15.5. The number of rotatable bonds is 4. The van der Waals surface area contributed by atoms with Crippen molar-refractivity contribution in [3.8, 4) is 0 Å². The molecule has 0 unspecified atom stereocenters. The molecule has 6 nitrogen and oxygen atoms in total. The molecule has 2 amide bonds. The Hall–Kier alpha value is -1.66. The van der Waals surface area contributed by atoms with Crippen LogP contribution < -0.4 is 5.32 Å². The van der Waals surface area contributed by atoms with Crippen LogP contribution in [0.15, 0.2) is 25.3 Å². The Balaban J connectivity index is -0.000000110. The second kappa shape index (κ2) is 34.0. The second-order valence-electron chi connectivity index (χ2n) is 5.59. The molecular weight excluding hydrogens is 400 g/mol. The van der Waals surface area contributed by atoms with Crippen molar-refractivity contribution in [2.45, 2.75) is 82.2 Å². The Morgan fingerprint density at radius 3 is 1.50 bits per heavy atom. The number of piperazine rings is 1. The molecule has 0 radical (unpaired) electrons. The molecule has 2 rings (SSSR count). The van der Waals surface area contributed by atoms with Gasteiger partial charge in [0.1, 0.15) is 0 Å². The summed E-state index contributed by atoms with van der Waals surface area (Å²) in [6, 6.07) is 0.343. The molecule has 2 saturated heterocycles. The highest BCUT2D eigenvalue weighted by atomic mass is 16.2. The fourth-order valence-electron chi connectivity index (χ4n) is 2.46. The number of carbonyl (C=O) groups excluding carboxylic acids is 2. The molecule has 1 N–H and O–H groups in total. The van der Waals surface area contributed by atoms with Crippen LogP contribution >= 0.6 is 0 Å². The molecule has 194 valence electrons. The standard InChI is InChI=1S/C9H16N2O.C7H12N2O.5C2H6/c1-3-9(12)11-7-5-10(4-2)6-8-11;1-3-7(10)8-6-4-9(2)5-6;5*1-2/h3H,1,4-8H2,2H3;3,6H,1,4-5H2,2H3,(H,8,10);5*1-2H3. The van der Waals surface area contributed by atoms with E-state index in [1.54, 1.807) is 0 Å². The molecule has 0 aromatic rings. The van der Waals surface area contributed by atoms with Crippen LogP contribution in [0.2, 0.25) is 0 Å². The predicted octanol–water partition coefficient (Wildman–Crippen LogP) is 5.07. The Kier molecular flexibility index (Phi) is 43.2. The largest absolute Gasteiger partial charge is 0.347 e. The van der Waals surface area contributed by atoms with E-state index in [0.29, 0.717) is 6.04 Å². The van der Waals surface area contributed by atoms with Crippen molar-refractivity contribution in [3.63, 3.8) is 0 Å². The van der Waals surface area contributed by atoms with Gasteiger partial charge in [0.05, 0.1) is 6.04 Å². The minimum atomic E-state index is -0.0712. The molecular formula is C26H58N4O2. The summed E-state index contributed by atoms with van der Waals surface area (Å²) >= 11 is 0. The number of likely N-dealkylation sites (N-methyl/N-ethyl adjacent to an activating group) is 2. The first-order valence-electron chi connectivity index (χ1n) is 12.7. The summed E-state index contributed by atoms with van der Waals surface area (Å²) in [4.78, 5) is 28.2. The maximum absolute atomic E-state index is 11.2. The average molecular weight is 459 g/mol. The van der Waals surface area contributed by atoms with E-state index in [1.807, 2.05) is 81.2 Å². The lowest BCUT2D eigenvalue weighted by Gasteiger charge is -2.36. The number of nitrogens with one attached hydrogen (secondary N) is 1. The quantitative estimate of drug-likeness (QED) is 0.598. The minimum Gasteiger partial charge on any atom is -0.347 e. The van der Waals surface area contributed by atoms with Gasteiger partial charge in [-0.3, -0.25) is 9.59 Å². The SMILES string of the molecule is C=CC(=O)N1CCN(CC)CC1.C=CC(=O)NC1CN(C)C1.CC.CC.CC.CC.CC. The monoisotopic (exact) mass is 458 g/mol. The molecule has 0 atom stereocenters. The molecule has 2 heterocycles. The van der Waals surface area contributed by atoms with Crippen LogP contribution in [0.3, 0.4) is 0 Å². The summed E-state index contributed by atoms with van der Waals surface area (Å²) in [6.07, 6.45) is 2.69. The zero-order chi connectivity index (χ0) is 26.5. The highest BCUT2D eigenvalue weighted by Crippen LogP contribution is 2.02. The highest BCUT2D eigenvalue weighted by molar-refractivity contribution is 5.87. The molecule has 6 heteroatoms. The Bertz CT molecular complexity index is 401. The molecule has 0 aromatic heterocycles. The number of hydrogen-bond acceptors (Lipinski definition) is 4. The van der Waals surface area contributed by atoms with Crippen LogP contribution in [-0.2, 0) is 9.59 Å². The zero-order valence-corrected chi connectivity index (χ0v) is 23.8. The van der Waals surface area contributed by atoms with Gasteiger partial charge in [-0.1, -0.05) is 89.3 Å². The van der Waals surface area contributed by atoms with Crippen molar-refractivity contribution in [1.82, 2.24) is 20.0 Å². The number of amides is 2. The fourth-order valence-corrected chi connectivity index (χ4v) is 2.46. The van der Waals surface area contributed by atoms with E-state index < -0.39 is 0 Å². The second-order valence-corrected chi connectivity index (χ2v) is 5.59. The van der Waals surface area contributed by atoms with Gasteiger partial charge in [0.15, 0.2) is 0 Å². The topological polar surface area (TPSA) is 55.9 Å². The summed E-state index contributed by atoms with van der Waals surface area (Å²) in [6.45, 7) is 35.7. The number of carbonyl (C=O) groups is 2. The van der Waals surface area contributed by atoms with Crippen molar-refractivity contribution in [1.29, 1.82) is 0 Å². The first-order valence-corrected chi connectivity index (χ1v) is 12.7.